The largest absolute Gasteiger partial charge is 0.573 e. The van der Waals surface area contributed by atoms with E-state index in [0.29, 0.717) is 27.1 Å². The van der Waals surface area contributed by atoms with Gasteiger partial charge < -0.3 is 14.0 Å². The highest BCUT2D eigenvalue weighted by atomic mass is 35.5. The third-order valence-corrected chi connectivity index (χ3v) is 6.92. The maximum Gasteiger partial charge on any atom is 0.573 e. The summed E-state index contributed by atoms with van der Waals surface area (Å²) in [5.74, 6) is -0.980. The number of nitrogens with zero attached hydrogens (tertiary/aromatic N) is 3. The number of imide groups is 1. The molecule has 14 heteroatoms. The molecule has 1 N–H and O–H groups in total. The molecule has 2 aromatic heterocycles. The first-order valence-electron chi connectivity index (χ1n) is 12.1. The van der Waals surface area contributed by atoms with Crippen LogP contribution in [0.5, 0.6) is 5.75 Å². The van der Waals surface area contributed by atoms with E-state index < -0.39 is 35.4 Å². The molecule has 0 unspecified atom stereocenters. The summed E-state index contributed by atoms with van der Waals surface area (Å²) < 4.78 is 56.0. The zero-order chi connectivity index (χ0) is 29.1. The number of halogens is 4. The number of carbonyl (C=O) groups excluding carboxylic acids is 2. The number of rotatable bonds is 6. The molecule has 1 atom stereocenters. The van der Waals surface area contributed by atoms with E-state index in [1.54, 1.807) is 36.4 Å². The molecule has 10 nitrogen and oxygen atoms in total. The fraction of sp³-hybridized carbons (Fsp3) is 0.185. The predicted octanol–water partition coefficient (Wildman–Crippen LogP) is 5.10. The molecule has 0 aliphatic carbocycles. The van der Waals surface area contributed by atoms with Crippen LogP contribution in [0, 0.1) is 0 Å². The van der Waals surface area contributed by atoms with Crippen molar-refractivity contribution in [1.29, 1.82) is 0 Å². The smallest absolute Gasteiger partial charge is 0.432 e. The third-order valence-electron chi connectivity index (χ3n) is 6.68. The predicted molar refractivity (Wildman–Crippen MR) is 139 cm³/mol. The van der Waals surface area contributed by atoms with Gasteiger partial charge in [-0.1, -0.05) is 41.0 Å². The SMILES string of the molecule is C[C@]1(Cc2ccc(Cn3c(=O)n(-c4noc5cc(Cl)ccc45)c4cc(OC(F)(F)F)ccc43)cc2)OC(=O)NC1=O. The quantitative estimate of drug-likeness (QED) is 0.294. The Hall–Kier alpha value is -4.78. The normalized spacial score (nSPS) is 17.3. The van der Waals surface area contributed by atoms with Crippen molar-refractivity contribution in [2.24, 2.45) is 0 Å². The number of nitrogens with one attached hydrogen (secondary N) is 1. The van der Waals surface area contributed by atoms with Gasteiger partial charge >= 0.3 is 18.1 Å². The van der Waals surface area contributed by atoms with E-state index in [1.807, 2.05) is 0 Å². The van der Waals surface area contributed by atoms with Crippen LogP contribution in [0.25, 0.3) is 27.8 Å². The van der Waals surface area contributed by atoms with Gasteiger partial charge in [-0.3, -0.25) is 14.7 Å². The van der Waals surface area contributed by atoms with Crippen LogP contribution in [0.4, 0.5) is 18.0 Å². The van der Waals surface area contributed by atoms with E-state index in [1.165, 1.54) is 23.6 Å². The molecule has 1 aliphatic rings. The van der Waals surface area contributed by atoms with Gasteiger partial charge in [0.15, 0.2) is 17.0 Å². The standard InChI is InChI=1S/C27H18ClF3N4O6/c1-26(23(36)32-24(37)40-26)12-14-2-4-15(5-3-14)13-34-19-9-7-17(39-27(29,30)31)11-20(19)35(25(34)38)22-18-8-6-16(28)10-21(18)41-33-22/h2-11H,12-13H2,1H3,(H,32,36,37)/t26-/m1/s1. The number of fused-ring (bicyclic) bond motifs is 2. The maximum atomic E-state index is 13.8. The Morgan fingerprint density at radius 1 is 1.00 bits per heavy atom. The minimum atomic E-state index is -4.94. The number of cyclic esters (lactones) is 1. The number of amides is 2. The zero-order valence-electron chi connectivity index (χ0n) is 21.0. The highest BCUT2D eigenvalue weighted by Gasteiger charge is 2.44. The van der Waals surface area contributed by atoms with Gasteiger partial charge in [-0.25, -0.2) is 14.2 Å². The summed E-state index contributed by atoms with van der Waals surface area (Å²) in [4.78, 5) is 37.3. The summed E-state index contributed by atoms with van der Waals surface area (Å²) in [6, 6.07) is 15.2. The highest BCUT2D eigenvalue weighted by molar-refractivity contribution is 6.31. The van der Waals surface area contributed by atoms with Crippen LogP contribution in [-0.4, -0.2) is 38.3 Å². The molecule has 1 aliphatic heterocycles. The molecule has 3 aromatic carbocycles. The molecule has 3 heterocycles. The summed E-state index contributed by atoms with van der Waals surface area (Å²) in [5.41, 5.74) is 0.178. The van der Waals surface area contributed by atoms with Gasteiger partial charge in [0.1, 0.15) is 5.75 Å². The van der Waals surface area contributed by atoms with Gasteiger partial charge in [-0.15, -0.1) is 13.2 Å². The van der Waals surface area contributed by atoms with Crippen LogP contribution in [0.3, 0.4) is 0 Å². The summed E-state index contributed by atoms with van der Waals surface area (Å²) in [6.45, 7) is 1.56. The fourth-order valence-electron chi connectivity index (χ4n) is 4.80. The van der Waals surface area contributed by atoms with Crippen molar-refractivity contribution in [3.63, 3.8) is 0 Å². The van der Waals surface area contributed by atoms with E-state index in [4.69, 9.17) is 20.9 Å². The molecule has 0 spiro atoms. The van der Waals surface area contributed by atoms with E-state index >= 15 is 0 Å². The van der Waals surface area contributed by atoms with E-state index in [9.17, 15) is 27.6 Å². The first-order chi connectivity index (χ1) is 19.4. The Morgan fingerprint density at radius 3 is 2.41 bits per heavy atom. The third kappa shape index (κ3) is 4.88. The van der Waals surface area contributed by atoms with Crippen LogP contribution in [0.2, 0.25) is 5.02 Å². The highest BCUT2D eigenvalue weighted by Crippen LogP contribution is 2.31. The topological polar surface area (TPSA) is 118 Å². The van der Waals surface area contributed by atoms with Crippen molar-refractivity contribution in [3.8, 4) is 11.6 Å². The summed E-state index contributed by atoms with van der Waals surface area (Å²) >= 11 is 6.03. The minimum absolute atomic E-state index is 0.0520. The van der Waals surface area contributed by atoms with Crippen LogP contribution in [0.15, 0.2) is 70.0 Å². The van der Waals surface area contributed by atoms with Gasteiger partial charge in [0.25, 0.3) is 5.91 Å². The van der Waals surface area contributed by atoms with Crippen molar-refractivity contribution < 1.29 is 36.8 Å². The second-order valence-electron chi connectivity index (χ2n) is 9.62. The summed E-state index contributed by atoms with van der Waals surface area (Å²) in [5, 5.41) is 6.91. The maximum absolute atomic E-state index is 13.8. The lowest BCUT2D eigenvalue weighted by molar-refractivity contribution is -0.274. The van der Waals surface area contributed by atoms with Crippen molar-refractivity contribution in [2.45, 2.75) is 31.9 Å². The fourth-order valence-corrected chi connectivity index (χ4v) is 4.97. The second kappa shape index (κ2) is 9.41. The van der Waals surface area contributed by atoms with Crippen molar-refractivity contribution >= 4 is 45.6 Å². The number of hydrogen-bond acceptors (Lipinski definition) is 7. The number of carbonyl (C=O) groups is 2. The average Bonchev–Trinajstić information content (AvgIpc) is 3.49. The number of aromatic nitrogens is 3. The minimum Gasteiger partial charge on any atom is -0.432 e. The number of hydrogen-bond donors (Lipinski definition) is 1. The first kappa shape index (κ1) is 26.4. The van der Waals surface area contributed by atoms with E-state index in [0.717, 1.165) is 16.7 Å². The Morgan fingerprint density at radius 2 is 1.73 bits per heavy atom. The Bertz CT molecular complexity index is 1910. The Balaban J connectivity index is 1.40. The van der Waals surface area contributed by atoms with Crippen LogP contribution >= 0.6 is 11.6 Å². The molecule has 0 bridgehead atoms. The number of alkyl carbamates (subject to hydrolysis) is 1. The molecule has 1 fully saturated rings. The molecular formula is C27H18ClF3N4O6. The number of benzene rings is 3. The number of alkyl halides is 3. The van der Waals surface area contributed by atoms with Gasteiger partial charge in [0, 0.05) is 23.6 Å². The molecule has 210 valence electrons. The van der Waals surface area contributed by atoms with Crippen molar-refractivity contribution in [2.75, 3.05) is 0 Å². The first-order valence-corrected chi connectivity index (χ1v) is 12.5. The lowest BCUT2D eigenvalue weighted by Crippen LogP contribution is -2.38. The average molecular weight is 587 g/mol. The van der Waals surface area contributed by atoms with E-state index in [-0.39, 0.29) is 29.9 Å². The second-order valence-corrected chi connectivity index (χ2v) is 10.1. The Labute approximate surface area is 232 Å². The molecule has 0 radical (unpaired) electrons. The zero-order valence-corrected chi connectivity index (χ0v) is 21.7. The molecule has 6 rings (SSSR count). The molecule has 1 saturated heterocycles. The number of imidazole rings is 1. The van der Waals surface area contributed by atoms with E-state index in [2.05, 4.69) is 15.2 Å². The van der Waals surface area contributed by atoms with Crippen molar-refractivity contribution in [1.82, 2.24) is 19.6 Å². The van der Waals surface area contributed by atoms with Crippen LogP contribution in [-0.2, 0) is 22.5 Å². The Kier molecular flexibility index (Phi) is 6.07. The van der Waals surface area contributed by atoms with Gasteiger partial charge in [-0.2, -0.15) is 0 Å². The van der Waals surface area contributed by atoms with Crippen molar-refractivity contribution in [3.05, 3.63) is 87.3 Å². The van der Waals surface area contributed by atoms with Crippen LogP contribution < -0.4 is 15.7 Å². The molecule has 0 saturated carbocycles. The molecule has 2 amide bonds. The van der Waals surface area contributed by atoms with Gasteiger partial charge in [0.05, 0.1) is 23.0 Å². The number of ether oxygens (including phenoxy) is 2. The summed E-state index contributed by atoms with van der Waals surface area (Å²) in [6.07, 6.45) is -5.61. The lowest BCUT2D eigenvalue weighted by atomic mass is 9.95. The lowest BCUT2D eigenvalue weighted by Gasteiger charge is -2.19. The molecule has 5 aromatic rings. The molecule has 41 heavy (non-hydrogen) atoms. The van der Waals surface area contributed by atoms with Gasteiger partial charge in [-0.05, 0) is 42.3 Å². The monoisotopic (exact) mass is 586 g/mol. The van der Waals surface area contributed by atoms with Gasteiger partial charge in [0.2, 0.25) is 0 Å². The summed E-state index contributed by atoms with van der Waals surface area (Å²) in [7, 11) is 0. The van der Waals surface area contributed by atoms with Crippen LogP contribution in [0.1, 0.15) is 18.1 Å². The molecular weight excluding hydrogens is 569 g/mol.